The number of hydrogen-bond acceptors (Lipinski definition) is 2. The summed E-state index contributed by atoms with van der Waals surface area (Å²) in [6.45, 7) is 5.35. The van der Waals surface area contributed by atoms with Crippen LogP contribution < -0.4 is 4.90 Å². The third kappa shape index (κ3) is 4.05. The van der Waals surface area contributed by atoms with Crippen LogP contribution in [0.2, 0.25) is 0 Å². The Balaban J connectivity index is 2.55. The van der Waals surface area contributed by atoms with E-state index in [2.05, 4.69) is 48.0 Å². The molecule has 0 amide bonds. The Hall–Kier alpha value is -1.31. The molecule has 0 fully saturated rings. The lowest BCUT2D eigenvalue weighted by atomic mass is 10.1. The second kappa shape index (κ2) is 6.31. The molecule has 16 heavy (non-hydrogen) atoms. The molecule has 88 valence electrons. The summed E-state index contributed by atoms with van der Waals surface area (Å²) in [5.74, 6) is 0.678. The van der Waals surface area contributed by atoms with E-state index in [1.165, 1.54) is 17.7 Å². The van der Waals surface area contributed by atoms with Crippen LogP contribution in [0.1, 0.15) is 25.8 Å². The Labute approximate surface area is 99.0 Å². The molecule has 0 aliphatic rings. The second-order valence-corrected chi connectivity index (χ2v) is 4.49. The predicted octanol–water partition coefficient (Wildman–Crippen LogP) is 3.22. The van der Waals surface area contributed by atoms with Crippen molar-refractivity contribution in [1.29, 1.82) is 0 Å². The van der Waals surface area contributed by atoms with Crippen molar-refractivity contribution in [2.24, 2.45) is 10.9 Å². The number of hydrogen-bond donors (Lipinski definition) is 0. The molecule has 0 bridgehead atoms. The molecule has 1 rings (SSSR count). The van der Waals surface area contributed by atoms with E-state index < -0.39 is 0 Å². The van der Waals surface area contributed by atoms with Gasteiger partial charge < -0.3 is 4.90 Å². The van der Waals surface area contributed by atoms with Crippen molar-refractivity contribution in [3.8, 4) is 0 Å². The largest absolute Gasteiger partial charge is 0.378 e. The van der Waals surface area contributed by atoms with Crippen LogP contribution in [0.5, 0.6) is 0 Å². The van der Waals surface area contributed by atoms with Gasteiger partial charge in [0.25, 0.3) is 0 Å². The van der Waals surface area contributed by atoms with Crippen molar-refractivity contribution in [3.63, 3.8) is 0 Å². The molecule has 0 aromatic heterocycles. The zero-order valence-electron chi connectivity index (χ0n) is 10.8. The fourth-order valence-electron chi connectivity index (χ4n) is 1.33. The van der Waals surface area contributed by atoms with Gasteiger partial charge in [0.15, 0.2) is 0 Å². The molecule has 2 nitrogen and oxygen atoms in total. The molecule has 0 saturated carbocycles. The van der Waals surface area contributed by atoms with Gasteiger partial charge in [0.2, 0.25) is 0 Å². The molecule has 0 N–H and O–H groups in total. The summed E-state index contributed by atoms with van der Waals surface area (Å²) < 4.78 is 0. The highest BCUT2D eigenvalue weighted by Gasteiger charge is 1.96. The second-order valence-electron chi connectivity index (χ2n) is 4.49. The Morgan fingerprint density at radius 2 is 1.88 bits per heavy atom. The molecule has 1 unspecified atom stereocenters. The van der Waals surface area contributed by atoms with Gasteiger partial charge in [0.05, 0.1) is 0 Å². The molecule has 1 aromatic rings. The standard InChI is InChI=1S/C14H22N2/c1-5-12(2)10-15-11-13-6-8-14(9-7-13)16(3)4/h6-9,11-12H,5,10H2,1-4H3. The summed E-state index contributed by atoms with van der Waals surface area (Å²) in [5.41, 5.74) is 2.40. The fraction of sp³-hybridized carbons (Fsp3) is 0.500. The third-order valence-corrected chi connectivity index (χ3v) is 2.76. The molecular formula is C14H22N2. The monoisotopic (exact) mass is 218 g/mol. The molecule has 0 spiro atoms. The first-order valence-corrected chi connectivity index (χ1v) is 5.90. The number of anilines is 1. The lowest BCUT2D eigenvalue weighted by molar-refractivity contribution is 0.578. The smallest absolute Gasteiger partial charge is 0.0415 e. The van der Waals surface area contributed by atoms with Crippen molar-refractivity contribution in [3.05, 3.63) is 29.8 Å². The summed E-state index contributed by atoms with van der Waals surface area (Å²) in [7, 11) is 4.10. The summed E-state index contributed by atoms with van der Waals surface area (Å²) in [5, 5.41) is 0. The molecule has 0 heterocycles. The van der Waals surface area contributed by atoms with Crippen LogP contribution in [0.25, 0.3) is 0 Å². The van der Waals surface area contributed by atoms with Crippen LogP contribution >= 0.6 is 0 Å². The number of aliphatic imine (C=N–C) groups is 1. The molecule has 1 aromatic carbocycles. The van der Waals surface area contributed by atoms with Crippen molar-refractivity contribution in [2.45, 2.75) is 20.3 Å². The van der Waals surface area contributed by atoms with Crippen LogP contribution in [0.4, 0.5) is 5.69 Å². The van der Waals surface area contributed by atoms with Gasteiger partial charge in [-0.2, -0.15) is 0 Å². The lowest BCUT2D eigenvalue weighted by Gasteiger charge is -2.11. The van der Waals surface area contributed by atoms with E-state index in [4.69, 9.17) is 0 Å². The maximum Gasteiger partial charge on any atom is 0.0415 e. The topological polar surface area (TPSA) is 15.6 Å². The van der Waals surface area contributed by atoms with E-state index in [9.17, 15) is 0 Å². The number of benzene rings is 1. The summed E-state index contributed by atoms with van der Waals surface area (Å²) in [6.07, 6.45) is 3.16. The molecule has 0 saturated heterocycles. The molecule has 1 atom stereocenters. The van der Waals surface area contributed by atoms with Crippen LogP contribution in [0.15, 0.2) is 29.3 Å². The average Bonchev–Trinajstić information content (AvgIpc) is 2.29. The minimum Gasteiger partial charge on any atom is -0.378 e. The van der Waals surface area contributed by atoms with Gasteiger partial charge in [-0.3, -0.25) is 4.99 Å². The Morgan fingerprint density at radius 1 is 1.25 bits per heavy atom. The highest BCUT2D eigenvalue weighted by Crippen LogP contribution is 2.11. The highest BCUT2D eigenvalue weighted by molar-refractivity contribution is 5.80. The van der Waals surface area contributed by atoms with Gasteiger partial charge in [0.1, 0.15) is 0 Å². The molecule has 0 radical (unpaired) electrons. The van der Waals surface area contributed by atoms with E-state index in [1.807, 2.05) is 20.3 Å². The first-order chi connectivity index (χ1) is 7.63. The summed E-state index contributed by atoms with van der Waals surface area (Å²) in [6, 6.07) is 8.44. The minimum absolute atomic E-state index is 0.678. The summed E-state index contributed by atoms with van der Waals surface area (Å²) in [4.78, 5) is 6.55. The van der Waals surface area contributed by atoms with Crippen molar-refractivity contribution in [1.82, 2.24) is 0 Å². The van der Waals surface area contributed by atoms with Crippen LogP contribution in [0.3, 0.4) is 0 Å². The van der Waals surface area contributed by atoms with Gasteiger partial charge in [-0.05, 0) is 23.6 Å². The van der Waals surface area contributed by atoms with E-state index in [1.54, 1.807) is 0 Å². The maximum absolute atomic E-state index is 4.45. The van der Waals surface area contributed by atoms with E-state index in [0.29, 0.717) is 5.92 Å². The highest BCUT2D eigenvalue weighted by atomic mass is 15.1. The third-order valence-electron chi connectivity index (χ3n) is 2.76. The molecule has 2 heteroatoms. The van der Waals surface area contributed by atoms with Gasteiger partial charge in [-0.15, -0.1) is 0 Å². The lowest BCUT2D eigenvalue weighted by Crippen LogP contribution is -2.08. The van der Waals surface area contributed by atoms with Crippen LogP contribution in [-0.4, -0.2) is 26.9 Å². The van der Waals surface area contributed by atoms with Gasteiger partial charge >= 0.3 is 0 Å². The first-order valence-electron chi connectivity index (χ1n) is 5.90. The fourth-order valence-corrected chi connectivity index (χ4v) is 1.33. The van der Waals surface area contributed by atoms with E-state index >= 15 is 0 Å². The Morgan fingerprint density at radius 3 is 2.38 bits per heavy atom. The Kier molecular flexibility index (Phi) is 5.03. The zero-order chi connectivity index (χ0) is 12.0. The zero-order valence-corrected chi connectivity index (χ0v) is 10.8. The van der Waals surface area contributed by atoms with Gasteiger partial charge in [-0.1, -0.05) is 32.4 Å². The number of nitrogens with zero attached hydrogens (tertiary/aromatic N) is 2. The maximum atomic E-state index is 4.45. The molecule has 0 aliphatic heterocycles. The van der Waals surface area contributed by atoms with Crippen molar-refractivity contribution in [2.75, 3.05) is 25.5 Å². The SMILES string of the molecule is CCC(C)CN=Cc1ccc(N(C)C)cc1. The van der Waals surface area contributed by atoms with Gasteiger partial charge in [0, 0.05) is 32.5 Å². The average molecular weight is 218 g/mol. The predicted molar refractivity (Wildman–Crippen MR) is 72.7 cm³/mol. The molecular weight excluding hydrogens is 196 g/mol. The quantitative estimate of drug-likeness (QED) is 0.693. The van der Waals surface area contributed by atoms with Crippen LogP contribution in [-0.2, 0) is 0 Å². The number of rotatable bonds is 5. The Bertz CT molecular complexity index is 325. The normalized spacial score (nSPS) is 13.0. The van der Waals surface area contributed by atoms with Crippen LogP contribution in [0, 0.1) is 5.92 Å². The summed E-state index contributed by atoms with van der Waals surface area (Å²) >= 11 is 0. The minimum atomic E-state index is 0.678. The van der Waals surface area contributed by atoms with Crippen molar-refractivity contribution >= 4 is 11.9 Å². The van der Waals surface area contributed by atoms with E-state index in [0.717, 1.165) is 6.54 Å². The molecule has 0 aliphatic carbocycles. The van der Waals surface area contributed by atoms with Gasteiger partial charge in [-0.25, -0.2) is 0 Å². The van der Waals surface area contributed by atoms with E-state index in [-0.39, 0.29) is 0 Å². The first kappa shape index (κ1) is 12.8. The van der Waals surface area contributed by atoms with Crippen molar-refractivity contribution < 1.29 is 0 Å².